The van der Waals surface area contributed by atoms with Gasteiger partial charge in [0.1, 0.15) is 6.54 Å². The van der Waals surface area contributed by atoms with E-state index in [9.17, 15) is 13.2 Å². The third-order valence-electron chi connectivity index (χ3n) is 3.25. The van der Waals surface area contributed by atoms with Crippen molar-refractivity contribution in [1.29, 1.82) is 0 Å². The summed E-state index contributed by atoms with van der Waals surface area (Å²) in [6.45, 7) is 1.43. The van der Waals surface area contributed by atoms with Crippen LogP contribution in [-0.2, 0) is 14.8 Å². The van der Waals surface area contributed by atoms with Crippen LogP contribution in [0.25, 0.3) is 0 Å². The van der Waals surface area contributed by atoms with Crippen LogP contribution < -0.4 is 9.62 Å². The van der Waals surface area contributed by atoms with E-state index in [2.05, 4.69) is 5.32 Å². The van der Waals surface area contributed by atoms with E-state index in [0.29, 0.717) is 5.69 Å². The number of carbonyl (C=O) groups excluding carboxylic acids is 1. The van der Waals surface area contributed by atoms with Crippen LogP contribution in [0, 0.1) is 6.92 Å². The molecule has 5 nitrogen and oxygen atoms in total. The molecule has 1 N–H and O–H groups in total. The van der Waals surface area contributed by atoms with Gasteiger partial charge in [0.25, 0.3) is 0 Å². The number of hydrogen-bond donors (Lipinski definition) is 1. The highest BCUT2D eigenvalue weighted by Crippen LogP contribution is 2.35. The fraction of sp³-hybridized carbons (Fsp3) is 0.188. The number of nitrogens with zero attached hydrogens (tertiary/aromatic N) is 1. The van der Waals surface area contributed by atoms with Gasteiger partial charge in [-0.2, -0.15) is 0 Å². The molecule has 134 valence electrons. The summed E-state index contributed by atoms with van der Waals surface area (Å²) in [5.74, 6) is -0.516. The maximum absolute atomic E-state index is 12.3. The van der Waals surface area contributed by atoms with E-state index in [-0.39, 0.29) is 20.8 Å². The summed E-state index contributed by atoms with van der Waals surface area (Å²) in [6, 6.07) is 9.80. The first-order chi connectivity index (χ1) is 11.6. The Kier molecular flexibility index (Phi) is 6.21. The number of benzene rings is 2. The van der Waals surface area contributed by atoms with Gasteiger partial charge in [-0.15, -0.1) is 0 Å². The van der Waals surface area contributed by atoms with Gasteiger partial charge in [-0.1, -0.05) is 46.9 Å². The SMILES string of the molecule is Cc1cccc(NC(=O)CN(c2cc(Cl)c(Cl)cc2Cl)S(C)(=O)=O)c1. The molecule has 9 heteroatoms. The topological polar surface area (TPSA) is 66.5 Å². The summed E-state index contributed by atoms with van der Waals surface area (Å²) < 4.78 is 25.1. The van der Waals surface area contributed by atoms with Gasteiger partial charge < -0.3 is 5.32 Å². The Morgan fingerprint density at radius 3 is 2.32 bits per heavy atom. The number of hydrogen-bond acceptors (Lipinski definition) is 3. The average Bonchev–Trinajstić information content (AvgIpc) is 2.48. The van der Waals surface area contributed by atoms with E-state index in [1.807, 2.05) is 13.0 Å². The van der Waals surface area contributed by atoms with Crippen molar-refractivity contribution in [2.45, 2.75) is 6.92 Å². The van der Waals surface area contributed by atoms with Crippen LogP contribution >= 0.6 is 34.8 Å². The molecule has 0 aliphatic heterocycles. The van der Waals surface area contributed by atoms with Crippen molar-refractivity contribution in [2.75, 3.05) is 22.4 Å². The number of rotatable bonds is 5. The first-order valence-corrected chi connectivity index (χ1v) is 10.0. The number of halogens is 3. The Labute approximate surface area is 161 Å². The van der Waals surface area contributed by atoms with Crippen molar-refractivity contribution in [3.8, 4) is 0 Å². The summed E-state index contributed by atoms with van der Waals surface area (Å²) in [4.78, 5) is 12.3. The molecule has 0 spiro atoms. The molecule has 0 aliphatic rings. The predicted molar refractivity (Wildman–Crippen MR) is 103 cm³/mol. The fourth-order valence-corrected chi connectivity index (χ4v) is 3.69. The highest BCUT2D eigenvalue weighted by atomic mass is 35.5. The molecule has 0 bridgehead atoms. The van der Waals surface area contributed by atoms with Crippen LogP contribution in [-0.4, -0.2) is 27.1 Å². The van der Waals surface area contributed by atoms with Gasteiger partial charge in [-0.05, 0) is 36.8 Å². The summed E-state index contributed by atoms with van der Waals surface area (Å²) in [7, 11) is -3.78. The number of nitrogens with one attached hydrogen (secondary N) is 1. The van der Waals surface area contributed by atoms with Crippen molar-refractivity contribution in [2.24, 2.45) is 0 Å². The van der Waals surface area contributed by atoms with Gasteiger partial charge in [-0.3, -0.25) is 9.10 Å². The van der Waals surface area contributed by atoms with Gasteiger partial charge in [-0.25, -0.2) is 8.42 Å². The number of sulfonamides is 1. The molecule has 0 atom stereocenters. The molecular formula is C16H15Cl3N2O3S. The first-order valence-electron chi connectivity index (χ1n) is 7.06. The standard InChI is InChI=1S/C16H15Cl3N2O3S/c1-10-4-3-5-11(6-10)20-16(22)9-21(25(2,23)24)15-8-13(18)12(17)7-14(15)19/h3-8H,9H2,1-2H3,(H,20,22). The van der Waals surface area contributed by atoms with Gasteiger partial charge in [0, 0.05) is 5.69 Å². The normalized spacial score (nSPS) is 11.2. The quantitative estimate of drug-likeness (QED) is 0.729. The lowest BCUT2D eigenvalue weighted by atomic mass is 10.2. The lowest BCUT2D eigenvalue weighted by molar-refractivity contribution is -0.114. The Bertz CT molecular complexity index is 917. The Morgan fingerprint density at radius 2 is 1.72 bits per heavy atom. The molecule has 0 saturated carbocycles. The van der Waals surface area contributed by atoms with Gasteiger partial charge >= 0.3 is 0 Å². The highest BCUT2D eigenvalue weighted by molar-refractivity contribution is 7.92. The molecule has 0 saturated heterocycles. The van der Waals surface area contributed by atoms with Gasteiger partial charge in [0.15, 0.2) is 0 Å². The molecule has 2 aromatic carbocycles. The van der Waals surface area contributed by atoms with E-state index < -0.39 is 22.5 Å². The van der Waals surface area contributed by atoms with Crippen molar-refractivity contribution in [1.82, 2.24) is 0 Å². The molecule has 0 heterocycles. The molecule has 2 rings (SSSR count). The minimum Gasteiger partial charge on any atom is -0.325 e. The first kappa shape index (κ1) is 19.8. The summed E-state index contributed by atoms with van der Waals surface area (Å²) in [5, 5.41) is 3.05. The van der Waals surface area contributed by atoms with E-state index in [1.54, 1.807) is 18.2 Å². The lowest BCUT2D eigenvalue weighted by Gasteiger charge is -2.23. The van der Waals surface area contributed by atoms with Crippen molar-refractivity contribution in [3.63, 3.8) is 0 Å². The summed E-state index contributed by atoms with van der Waals surface area (Å²) in [6.07, 6.45) is 0.978. The third kappa shape index (κ3) is 5.25. The van der Waals surface area contributed by atoms with Gasteiger partial charge in [0.2, 0.25) is 15.9 Å². The second-order valence-electron chi connectivity index (χ2n) is 5.41. The smallest absolute Gasteiger partial charge is 0.245 e. The molecule has 25 heavy (non-hydrogen) atoms. The van der Waals surface area contributed by atoms with Crippen molar-refractivity contribution >= 4 is 62.1 Å². The van der Waals surface area contributed by atoms with Crippen LogP contribution in [0.5, 0.6) is 0 Å². The maximum atomic E-state index is 12.3. The highest BCUT2D eigenvalue weighted by Gasteiger charge is 2.24. The van der Waals surface area contributed by atoms with E-state index in [0.717, 1.165) is 16.1 Å². The zero-order valence-electron chi connectivity index (χ0n) is 13.4. The van der Waals surface area contributed by atoms with E-state index in [1.165, 1.54) is 12.1 Å². The van der Waals surface area contributed by atoms with Gasteiger partial charge in [0.05, 0.1) is 27.0 Å². The number of aryl methyl sites for hydroxylation is 1. The lowest BCUT2D eigenvalue weighted by Crippen LogP contribution is -2.37. The maximum Gasteiger partial charge on any atom is 0.245 e. The molecule has 0 aromatic heterocycles. The summed E-state index contributed by atoms with van der Waals surface area (Å²) >= 11 is 17.9. The summed E-state index contributed by atoms with van der Waals surface area (Å²) in [5.41, 5.74) is 1.61. The Hall–Kier alpha value is -1.47. The molecule has 0 radical (unpaired) electrons. The van der Waals surface area contributed by atoms with Crippen LogP contribution in [0.4, 0.5) is 11.4 Å². The number of carbonyl (C=O) groups is 1. The molecule has 2 aromatic rings. The Balaban J connectivity index is 2.30. The Morgan fingerprint density at radius 1 is 1.08 bits per heavy atom. The largest absolute Gasteiger partial charge is 0.325 e. The average molecular weight is 422 g/mol. The van der Waals surface area contributed by atoms with Crippen LogP contribution in [0.1, 0.15) is 5.56 Å². The number of amides is 1. The zero-order valence-corrected chi connectivity index (χ0v) is 16.5. The molecule has 0 fully saturated rings. The van der Waals surface area contributed by atoms with Crippen molar-refractivity contribution < 1.29 is 13.2 Å². The van der Waals surface area contributed by atoms with Crippen molar-refractivity contribution in [3.05, 3.63) is 57.0 Å². The third-order valence-corrected chi connectivity index (χ3v) is 5.40. The number of anilines is 2. The molecule has 0 aliphatic carbocycles. The molecular weight excluding hydrogens is 407 g/mol. The zero-order chi connectivity index (χ0) is 18.8. The van der Waals surface area contributed by atoms with Crippen LogP contribution in [0.3, 0.4) is 0 Å². The fourth-order valence-electron chi connectivity index (χ4n) is 2.14. The second-order valence-corrected chi connectivity index (χ2v) is 8.53. The molecule has 1 amide bonds. The minimum absolute atomic E-state index is 0.0724. The monoisotopic (exact) mass is 420 g/mol. The molecule has 0 unspecified atom stereocenters. The van der Waals surface area contributed by atoms with Crippen LogP contribution in [0.2, 0.25) is 15.1 Å². The predicted octanol–water partition coefficient (Wildman–Crippen LogP) is 4.36. The van der Waals surface area contributed by atoms with E-state index >= 15 is 0 Å². The second kappa shape index (κ2) is 7.83. The minimum atomic E-state index is -3.78. The van der Waals surface area contributed by atoms with Crippen LogP contribution in [0.15, 0.2) is 36.4 Å². The van der Waals surface area contributed by atoms with E-state index in [4.69, 9.17) is 34.8 Å².